The number of nitrogens with zero attached hydrogens (tertiary/aromatic N) is 4. The van der Waals surface area contributed by atoms with Crippen molar-refractivity contribution < 1.29 is 14.1 Å². The van der Waals surface area contributed by atoms with E-state index in [0.29, 0.717) is 24.7 Å². The Morgan fingerprint density at radius 3 is 2.46 bits per heavy atom. The molecule has 1 aliphatic heterocycles. The molecule has 0 N–H and O–H groups in total. The summed E-state index contributed by atoms with van der Waals surface area (Å²) in [6, 6.07) is 7.62. The number of aromatic nitrogens is 1. The first kappa shape index (κ1) is 16.0. The molecule has 0 amide bonds. The van der Waals surface area contributed by atoms with E-state index in [2.05, 4.69) is 14.8 Å². The van der Waals surface area contributed by atoms with Crippen LogP contribution in [0.15, 0.2) is 36.5 Å². The highest BCUT2D eigenvalue weighted by molar-refractivity contribution is 5.59. The lowest BCUT2D eigenvalue weighted by Crippen LogP contribution is -2.46. The second kappa shape index (κ2) is 6.69. The Labute approximate surface area is 138 Å². The number of pyridine rings is 1. The van der Waals surface area contributed by atoms with Gasteiger partial charge < -0.3 is 14.5 Å². The van der Waals surface area contributed by atoms with Crippen molar-refractivity contribution in [2.45, 2.75) is 0 Å². The molecule has 1 saturated heterocycles. The monoisotopic (exact) mass is 332 g/mol. The van der Waals surface area contributed by atoms with Crippen LogP contribution >= 0.6 is 0 Å². The van der Waals surface area contributed by atoms with Gasteiger partial charge in [-0.15, -0.1) is 0 Å². The maximum absolute atomic E-state index is 13.3. The van der Waals surface area contributed by atoms with Gasteiger partial charge in [0.1, 0.15) is 23.6 Å². The minimum Gasteiger partial charge on any atom is -0.494 e. The minimum atomic E-state index is -0.463. The second-order valence-electron chi connectivity index (χ2n) is 5.42. The highest BCUT2D eigenvalue weighted by atomic mass is 19.1. The molecular formula is C16H17FN4O3. The van der Waals surface area contributed by atoms with E-state index in [1.54, 1.807) is 12.1 Å². The highest BCUT2D eigenvalue weighted by Gasteiger charge is 2.21. The molecule has 0 unspecified atom stereocenters. The van der Waals surface area contributed by atoms with E-state index in [0.717, 1.165) is 18.8 Å². The molecule has 8 heteroatoms. The number of hydrogen-bond donors (Lipinski definition) is 0. The lowest BCUT2D eigenvalue weighted by Gasteiger charge is -2.37. The van der Waals surface area contributed by atoms with Crippen molar-refractivity contribution in [1.29, 1.82) is 0 Å². The third-order valence-electron chi connectivity index (χ3n) is 4.03. The zero-order valence-electron chi connectivity index (χ0n) is 13.2. The topological polar surface area (TPSA) is 71.7 Å². The van der Waals surface area contributed by atoms with E-state index in [9.17, 15) is 14.5 Å². The molecule has 0 bridgehead atoms. The van der Waals surface area contributed by atoms with Crippen LogP contribution in [0.5, 0.6) is 5.75 Å². The first-order chi connectivity index (χ1) is 11.6. The van der Waals surface area contributed by atoms with Crippen molar-refractivity contribution in [2.75, 3.05) is 43.1 Å². The summed E-state index contributed by atoms with van der Waals surface area (Å²) in [6.07, 6.45) is 1.27. The number of benzene rings is 1. The van der Waals surface area contributed by atoms with Gasteiger partial charge in [-0.05, 0) is 18.2 Å². The van der Waals surface area contributed by atoms with E-state index >= 15 is 0 Å². The van der Waals surface area contributed by atoms with Crippen molar-refractivity contribution in [2.24, 2.45) is 0 Å². The predicted molar refractivity (Wildman–Crippen MR) is 88.3 cm³/mol. The number of methoxy groups -OCH3 is 1. The van der Waals surface area contributed by atoms with E-state index < -0.39 is 4.92 Å². The number of halogens is 1. The molecule has 7 nitrogen and oxygen atoms in total. The van der Waals surface area contributed by atoms with Gasteiger partial charge in [0.2, 0.25) is 0 Å². The maximum atomic E-state index is 13.3. The molecule has 0 saturated carbocycles. The third-order valence-corrected chi connectivity index (χ3v) is 4.03. The highest BCUT2D eigenvalue weighted by Crippen LogP contribution is 2.30. The molecule has 1 aromatic carbocycles. The summed E-state index contributed by atoms with van der Waals surface area (Å²) < 4.78 is 18.6. The maximum Gasteiger partial charge on any atom is 0.287 e. The van der Waals surface area contributed by atoms with Crippen LogP contribution in [-0.2, 0) is 0 Å². The van der Waals surface area contributed by atoms with Gasteiger partial charge in [0.15, 0.2) is 0 Å². The molecule has 2 aromatic rings. The third kappa shape index (κ3) is 3.22. The molecule has 1 fully saturated rings. The van der Waals surface area contributed by atoms with Crippen LogP contribution in [0, 0.1) is 15.9 Å². The minimum absolute atomic E-state index is 0.0200. The van der Waals surface area contributed by atoms with Crippen molar-refractivity contribution in [3.05, 3.63) is 52.5 Å². The van der Waals surface area contributed by atoms with E-state index in [1.165, 1.54) is 31.5 Å². The summed E-state index contributed by atoms with van der Waals surface area (Å²) >= 11 is 0. The van der Waals surface area contributed by atoms with Crippen LogP contribution in [0.3, 0.4) is 0 Å². The SMILES string of the molecule is COc1cc(F)ccc1N1CCN(c2ccc([N+](=O)[O-])cn2)CC1. The van der Waals surface area contributed by atoms with Crippen LogP contribution in [0.2, 0.25) is 0 Å². The lowest BCUT2D eigenvalue weighted by molar-refractivity contribution is -0.385. The number of piperazine rings is 1. The lowest BCUT2D eigenvalue weighted by atomic mass is 10.2. The first-order valence-electron chi connectivity index (χ1n) is 7.52. The smallest absolute Gasteiger partial charge is 0.287 e. The van der Waals surface area contributed by atoms with Crippen molar-refractivity contribution >= 4 is 17.2 Å². The average molecular weight is 332 g/mol. The van der Waals surface area contributed by atoms with Crippen LogP contribution in [0.1, 0.15) is 0 Å². The van der Waals surface area contributed by atoms with Crippen molar-refractivity contribution in [3.63, 3.8) is 0 Å². The Balaban J connectivity index is 1.68. The predicted octanol–water partition coefficient (Wildman–Crippen LogP) is 2.46. The molecule has 24 heavy (non-hydrogen) atoms. The van der Waals surface area contributed by atoms with E-state index in [1.807, 2.05) is 0 Å². The number of rotatable bonds is 4. The standard InChI is InChI=1S/C16H17FN4O3/c1-24-15-10-12(17)2-4-14(15)19-6-8-20(9-7-19)16-5-3-13(11-18-16)21(22)23/h2-5,10-11H,6-9H2,1H3. The number of hydrogen-bond acceptors (Lipinski definition) is 6. The molecule has 1 aliphatic rings. The molecular weight excluding hydrogens is 315 g/mol. The quantitative estimate of drug-likeness (QED) is 0.633. The Morgan fingerprint density at radius 2 is 1.88 bits per heavy atom. The molecule has 1 aromatic heterocycles. The number of nitro groups is 1. The van der Waals surface area contributed by atoms with E-state index in [-0.39, 0.29) is 11.5 Å². The van der Waals surface area contributed by atoms with Gasteiger partial charge in [-0.2, -0.15) is 0 Å². The molecule has 2 heterocycles. The van der Waals surface area contributed by atoms with Gasteiger partial charge in [0.25, 0.3) is 5.69 Å². The fourth-order valence-corrected chi connectivity index (χ4v) is 2.76. The zero-order chi connectivity index (χ0) is 17.1. The molecule has 0 atom stereocenters. The van der Waals surface area contributed by atoms with Crippen molar-refractivity contribution in [3.8, 4) is 5.75 Å². The fraction of sp³-hybridized carbons (Fsp3) is 0.312. The number of ether oxygens (including phenoxy) is 1. The Bertz CT molecular complexity index is 731. The summed E-state index contributed by atoms with van der Waals surface area (Å²) in [5.41, 5.74) is 0.837. The van der Waals surface area contributed by atoms with Crippen LogP contribution in [0.4, 0.5) is 21.6 Å². The molecule has 126 valence electrons. The van der Waals surface area contributed by atoms with Gasteiger partial charge in [-0.3, -0.25) is 10.1 Å². The largest absolute Gasteiger partial charge is 0.494 e. The second-order valence-corrected chi connectivity index (χ2v) is 5.42. The molecule has 3 rings (SSSR count). The van der Waals surface area contributed by atoms with Gasteiger partial charge in [-0.1, -0.05) is 0 Å². The average Bonchev–Trinajstić information content (AvgIpc) is 2.62. The molecule has 0 spiro atoms. The fourth-order valence-electron chi connectivity index (χ4n) is 2.76. The van der Waals surface area contributed by atoms with Gasteiger partial charge in [0.05, 0.1) is 17.7 Å². The normalized spacial score (nSPS) is 14.6. The first-order valence-corrected chi connectivity index (χ1v) is 7.52. The zero-order valence-corrected chi connectivity index (χ0v) is 13.2. The van der Waals surface area contributed by atoms with Crippen molar-refractivity contribution in [1.82, 2.24) is 4.98 Å². The summed E-state index contributed by atoms with van der Waals surface area (Å²) in [5.74, 6) is 0.896. The van der Waals surface area contributed by atoms with Gasteiger partial charge in [-0.25, -0.2) is 9.37 Å². The van der Waals surface area contributed by atoms with Crippen LogP contribution in [0.25, 0.3) is 0 Å². The Kier molecular flexibility index (Phi) is 4.45. The number of anilines is 2. The summed E-state index contributed by atoms with van der Waals surface area (Å²) in [7, 11) is 1.52. The van der Waals surface area contributed by atoms with Crippen LogP contribution < -0.4 is 14.5 Å². The van der Waals surface area contributed by atoms with Gasteiger partial charge in [0, 0.05) is 38.3 Å². The summed E-state index contributed by atoms with van der Waals surface area (Å²) in [4.78, 5) is 18.6. The molecule has 0 radical (unpaired) electrons. The Hall–Kier alpha value is -2.90. The summed E-state index contributed by atoms with van der Waals surface area (Å²) in [6.45, 7) is 2.87. The summed E-state index contributed by atoms with van der Waals surface area (Å²) in [5, 5.41) is 10.7. The van der Waals surface area contributed by atoms with Gasteiger partial charge >= 0.3 is 0 Å². The Morgan fingerprint density at radius 1 is 1.17 bits per heavy atom. The van der Waals surface area contributed by atoms with Crippen LogP contribution in [-0.4, -0.2) is 43.2 Å². The molecule has 0 aliphatic carbocycles. The van der Waals surface area contributed by atoms with E-state index in [4.69, 9.17) is 4.74 Å².